The van der Waals surface area contributed by atoms with Crippen molar-refractivity contribution in [2.75, 3.05) is 39.3 Å². The van der Waals surface area contributed by atoms with E-state index in [1.165, 1.54) is 5.57 Å². The third-order valence-electron chi connectivity index (χ3n) is 2.65. The molecule has 3 nitrogen and oxygen atoms in total. The zero-order chi connectivity index (χ0) is 11.3. The van der Waals surface area contributed by atoms with E-state index in [0.29, 0.717) is 0 Å². The van der Waals surface area contributed by atoms with Crippen molar-refractivity contribution in [3.63, 3.8) is 0 Å². The van der Waals surface area contributed by atoms with Gasteiger partial charge in [0.25, 0.3) is 0 Å². The Kier molecular flexibility index (Phi) is 4.85. The number of piperazine rings is 1. The summed E-state index contributed by atoms with van der Waals surface area (Å²) >= 11 is 0. The summed E-state index contributed by atoms with van der Waals surface area (Å²) in [5.74, 6) is 0. The summed E-state index contributed by atoms with van der Waals surface area (Å²) in [6, 6.07) is 0. The summed E-state index contributed by atoms with van der Waals surface area (Å²) in [6.45, 7) is 13.4. The van der Waals surface area contributed by atoms with Gasteiger partial charge in [-0.1, -0.05) is 12.2 Å². The molecule has 1 fully saturated rings. The SMILES string of the molecule is C=C(C=C(C)C)N1CCN(CCO)CC1. The Labute approximate surface area is 92.7 Å². The fourth-order valence-corrected chi connectivity index (χ4v) is 1.82. The van der Waals surface area contributed by atoms with E-state index in [4.69, 9.17) is 5.11 Å². The summed E-state index contributed by atoms with van der Waals surface area (Å²) in [4.78, 5) is 4.59. The van der Waals surface area contributed by atoms with E-state index < -0.39 is 0 Å². The third kappa shape index (κ3) is 4.06. The minimum Gasteiger partial charge on any atom is -0.395 e. The van der Waals surface area contributed by atoms with Crippen LogP contribution in [-0.4, -0.2) is 54.2 Å². The molecule has 0 aromatic rings. The molecule has 0 aliphatic carbocycles. The van der Waals surface area contributed by atoms with Crippen molar-refractivity contribution in [1.82, 2.24) is 9.80 Å². The Bertz CT molecular complexity index is 236. The molecular formula is C12H22N2O. The van der Waals surface area contributed by atoms with E-state index in [0.717, 1.165) is 38.4 Å². The van der Waals surface area contributed by atoms with Crippen molar-refractivity contribution in [2.45, 2.75) is 13.8 Å². The second-order valence-electron chi connectivity index (χ2n) is 4.27. The monoisotopic (exact) mass is 210 g/mol. The van der Waals surface area contributed by atoms with Gasteiger partial charge in [-0.05, 0) is 19.9 Å². The molecule has 1 aliphatic rings. The molecule has 0 radical (unpaired) electrons. The summed E-state index contributed by atoms with van der Waals surface area (Å²) in [7, 11) is 0. The zero-order valence-electron chi connectivity index (χ0n) is 9.87. The van der Waals surface area contributed by atoms with E-state index in [1.807, 2.05) is 0 Å². The summed E-state index contributed by atoms with van der Waals surface area (Å²) < 4.78 is 0. The Balaban J connectivity index is 2.37. The highest BCUT2D eigenvalue weighted by atomic mass is 16.3. The van der Waals surface area contributed by atoms with Gasteiger partial charge in [0.1, 0.15) is 0 Å². The number of β-amino-alcohol motifs (C(OH)–C–C–N with tert-alkyl or cyclic N) is 1. The fourth-order valence-electron chi connectivity index (χ4n) is 1.82. The molecule has 1 N–H and O–H groups in total. The molecule has 1 saturated heterocycles. The molecule has 1 aliphatic heterocycles. The summed E-state index contributed by atoms with van der Waals surface area (Å²) in [5.41, 5.74) is 2.40. The standard InChI is InChI=1S/C12H22N2O/c1-11(2)10-12(3)14-6-4-13(5-7-14)8-9-15/h10,15H,3-9H2,1-2H3. The Morgan fingerprint density at radius 2 is 1.87 bits per heavy atom. The first-order valence-corrected chi connectivity index (χ1v) is 5.55. The number of aliphatic hydroxyl groups is 1. The first kappa shape index (κ1) is 12.3. The van der Waals surface area contributed by atoms with E-state index in [1.54, 1.807) is 0 Å². The van der Waals surface area contributed by atoms with E-state index >= 15 is 0 Å². The second kappa shape index (κ2) is 5.93. The van der Waals surface area contributed by atoms with Crippen LogP contribution in [0.3, 0.4) is 0 Å². The van der Waals surface area contributed by atoms with Gasteiger partial charge in [-0.2, -0.15) is 0 Å². The van der Waals surface area contributed by atoms with Crippen LogP contribution in [0.15, 0.2) is 23.9 Å². The fraction of sp³-hybridized carbons (Fsp3) is 0.667. The summed E-state index contributed by atoms with van der Waals surface area (Å²) in [6.07, 6.45) is 2.13. The molecule has 0 bridgehead atoms. The molecule has 3 heteroatoms. The average molecular weight is 210 g/mol. The molecule has 0 saturated carbocycles. The van der Waals surface area contributed by atoms with Crippen LogP contribution in [0.4, 0.5) is 0 Å². The molecule has 0 aromatic heterocycles. The highest BCUT2D eigenvalue weighted by Crippen LogP contribution is 2.10. The van der Waals surface area contributed by atoms with Crippen molar-refractivity contribution >= 4 is 0 Å². The molecule has 1 heterocycles. The van der Waals surface area contributed by atoms with E-state index in [2.05, 4.69) is 36.3 Å². The number of hydrogen-bond acceptors (Lipinski definition) is 3. The summed E-state index contributed by atoms with van der Waals surface area (Å²) in [5, 5.41) is 8.83. The maximum atomic E-state index is 8.83. The molecule has 15 heavy (non-hydrogen) atoms. The number of nitrogens with zero attached hydrogens (tertiary/aromatic N) is 2. The Morgan fingerprint density at radius 3 is 2.33 bits per heavy atom. The van der Waals surface area contributed by atoms with E-state index in [-0.39, 0.29) is 6.61 Å². The van der Waals surface area contributed by atoms with Crippen LogP contribution in [0, 0.1) is 0 Å². The number of aliphatic hydroxyl groups excluding tert-OH is 1. The van der Waals surface area contributed by atoms with Crippen molar-refractivity contribution in [3.05, 3.63) is 23.9 Å². The Hall–Kier alpha value is -0.800. The topological polar surface area (TPSA) is 26.7 Å². The molecule has 0 atom stereocenters. The highest BCUT2D eigenvalue weighted by Gasteiger charge is 2.15. The van der Waals surface area contributed by atoms with Gasteiger partial charge in [0.2, 0.25) is 0 Å². The molecule has 0 spiro atoms. The van der Waals surface area contributed by atoms with Crippen LogP contribution in [0.1, 0.15) is 13.8 Å². The first-order valence-electron chi connectivity index (χ1n) is 5.55. The zero-order valence-corrected chi connectivity index (χ0v) is 9.87. The minimum atomic E-state index is 0.259. The van der Waals surface area contributed by atoms with Crippen molar-refractivity contribution in [1.29, 1.82) is 0 Å². The maximum Gasteiger partial charge on any atom is 0.0558 e. The van der Waals surface area contributed by atoms with Crippen LogP contribution in [0.2, 0.25) is 0 Å². The molecule has 1 rings (SSSR count). The van der Waals surface area contributed by atoms with Gasteiger partial charge in [0.05, 0.1) is 6.61 Å². The molecular weight excluding hydrogens is 188 g/mol. The van der Waals surface area contributed by atoms with Gasteiger partial charge in [0.15, 0.2) is 0 Å². The van der Waals surface area contributed by atoms with Crippen LogP contribution in [0.25, 0.3) is 0 Å². The lowest BCUT2D eigenvalue weighted by Gasteiger charge is -2.36. The number of hydrogen-bond donors (Lipinski definition) is 1. The normalized spacial score (nSPS) is 17.7. The molecule has 86 valence electrons. The highest BCUT2D eigenvalue weighted by molar-refractivity contribution is 5.17. The lowest BCUT2D eigenvalue weighted by atomic mass is 10.2. The third-order valence-corrected chi connectivity index (χ3v) is 2.65. The van der Waals surface area contributed by atoms with Gasteiger partial charge in [-0.3, -0.25) is 4.90 Å². The molecule has 0 aromatic carbocycles. The van der Waals surface area contributed by atoms with Crippen LogP contribution < -0.4 is 0 Å². The number of rotatable bonds is 4. The van der Waals surface area contributed by atoms with Crippen LogP contribution in [0.5, 0.6) is 0 Å². The lowest BCUT2D eigenvalue weighted by molar-refractivity contribution is 0.134. The quantitative estimate of drug-likeness (QED) is 0.703. The van der Waals surface area contributed by atoms with E-state index in [9.17, 15) is 0 Å². The van der Waals surface area contributed by atoms with Crippen LogP contribution in [-0.2, 0) is 0 Å². The number of allylic oxidation sites excluding steroid dienone is 2. The van der Waals surface area contributed by atoms with Gasteiger partial charge < -0.3 is 10.0 Å². The van der Waals surface area contributed by atoms with Crippen molar-refractivity contribution in [2.24, 2.45) is 0 Å². The smallest absolute Gasteiger partial charge is 0.0558 e. The van der Waals surface area contributed by atoms with Gasteiger partial charge >= 0.3 is 0 Å². The predicted molar refractivity (Wildman–Crippen MR) is 63.7 cm³/mol. The van der Waals surface area contributed by atoms with Crippen molar-refractivity contribution in [3.8, 4) is 0 Å². The van der Waals surface area contributed by atoms with Crippen molar-refractivity contribution < 1.29 is 5.11 Å². The molecule has 0 unspecified atom stereocenters. The first-order chi connectivity index (χ1) is 7.13. The minimum absolute atomic E-state index is 0.259. The van der Waals surface area contributed by atoms with Crippen LogP contribution >= 0.6 is 0 Å². The molecule has 0 amide bonds. The average Bonchev–Trinajstić information content (AvgIpc) is 2.18. The van der Waals surface area contributed by atoms with Gasteiger partial charge in [0, 0.05) is 38.4 Å². The predicted octanol–water partition coefficient (Wildman–Crippen LogP) is 1.08. The van der Waals surface area contributed by atoms with Gasteiger partial charge in [-0.25, -0.2) is 0 Å². The Morgan fingerprint density at radius 1 is 1.27 bits per heavy atom. The van der Waals surface area contributed by atoms with Gasteiger partial charge in [-0.15, -0.1) is 0 Å². The largest absolute Gasteiger partial charge is 0.395 e. The maximum absolute atomic E-state index is 8.83. The second-order valence-corrected chi connectivity index (χ2v) is 4.27. The lowest BCUT2D eigenvalue weighted by Crippen LogP contribution is -2.46.